The molecule has 5 heterocycles. The summed E-state index contributed by atoms with van der Waals surface area (Å²) in [6, 6.07) is 36.7. The second-order valence-corrected chi connectivity index (χ2v) is 17.9. The maximum absolute atomic E-state index is 13.6. The van der Waals surface area contributed by atoms with E-state index in [9.17, 15) is 24.3 Å². The van der Waals surface area contributed by atoms with Crippen molar-refractivity contribution < 1.29 is 29.0 Å². The van der Waals surface area contributed by atoms with E-state index < -0.39 is 11.9 Å². The number of imide groups is 1. The summed E-state index contributed by atoms with van der Waals surface area (Å²) in [6.45, 7) is 3.67. The number of ether oxygens (including phenoxy) is 1. The first-order chi connectivity index (χ1) is 32.6. The van der Waals surface area contributed by atoms with Crippen molar-refractivity contribution in [3.8, 4) is 22.6 Å². The third-order valence-corrected chi connectivity index (χ3v) is 13.5. The molecule has 67 heavy (non-hydrogen) atoms. The summed E-state index contributed by atoms with van der Waals surface area (Å²) in [5.74, 6) is -0.579. The third-order valence-electron chi connectivity index (χ3n) is 12.6. The molecule has 1 atom stereocenters. The number of hydrogen-bond acceptors (Lipinski definition) is 11. The average molecular weight is 911 g/mol. The molecule has 0 spiro atoms. The van der Waals surface area contributed by atoms with Crippen LogP contribution in [0.1, 0.15) is 74.0 Å². The Morgan fingerprint density at radius 2 is 1.75 bits per heavy atom. The lowest BCUT2D eigenvalue weighted by Gasteiger charge is -2.31. The number of carboxylic acid groups (broad SMARTS) is 1. The Morgan fingerprint density at radius 1 is 0.910 bits per heavy atom. The lowest BCUT2D eigenvalue weighted by Crippen LogP contribution is -2.39. The SMILES string of the molecule is Cc1c(Oc2ccc(CCCNc3ccc4c(C5CCC(=O)NC5=O)nn(C)c4c3)cc2)cccc1-c1ccc(N2CCc3cccc(C(=O)Nc4nc5ccccc5s4)c3C2)nc1C(=O)O. The lowest BCUT2D eigenvalue weighted by atomic mass is 9.93. The minimum atomic E-state index is -1.14. The zero-order valence-electron chi connectivity index (χ0n) is 36.8. The number of fused-ring (bicyclic) bond motifs is 3. The van der Waals surface area contributed by atoms with E-state index in [2.05, 4.69) is 38.2 Å². The highest BCUT2D eigenvalue weighted by Crippen LogP contribution is 2.37. The maximum Gasteiger partial charge on any atom is 0.355 e. The van der Waals surface area contributed by atoms with E-state index in [-0.39, 0.29) is 23.4 Å². The summed E-state index contributed by atoms with van der Waals surface area (Å²) in [7, 11) is 1.86. The van der Waals surface area contributed by atoms with Gasteiger partial charge in [0.1, 0.15) is 17.3 Å². The Hall–Kier alpha value is -7.91. The van der Waals surface area contributed by atoms with E-state index in [1.807, 2.05) is 116 Å². The molecule has 2 aliphatic heterocycles. The van der Waals surface area contributed by atoms with Crippen LogP contribution in [0.4, 0.5) is 16.6 Å². The fraction of sp³-hybridized carbons (Fsp3) is 0.212. The molecule has 3 amide bonds. The van der Waals surface area contributed by atoms with E-state index in [1.54, 1.807) is 10.7 Å². The molecule has 0 bridgehead atoms. The van der Waals surface area contributed by atoms with E-state index in [1.165, 1.54) is 11.3 Å². The predicted molar refractivity (Wildman–Crippen MR) is 259 cm³/mol. The Balaban J connectivity index is 0.775. The van der Waals surface area contributed by atoms with Gasteiger partial charge < -0.3 is 20.1 Å². The van der Waals surface area contributed by atoms with E-state index in [0.717, 1.165) is 68.4 Å². The Kier molecular flexibility index (Phi) is 11.7. The minimum absolute atomic E-state index is 0.0688. The molecule has 3 aromatic heterocycles. The Bertz CT molecular complexity index is 3220. The van der Waals surface area contributed by atoms with Gasteiger partial charge >= 0.3 is 5.97 Å². The first-order valence-electron chi connectivity index (χ1n) is 22.2. The molecule has 4 N–H and O–H groups in total. The molecule has 2 aliphatic rings. The second-order valence-electron chi connectivity index (χ2n) is 16.9. The lowest BCUT2D eigenvalue weighted by molar-refractivity contribution is -0.134. The van der Waals surface area contributed by atoms with E-state index in [4.69, 9.17) is 9.72 Å². The zero-order valence-corrected chi connectivity index (χ0v) is 37.7. The van der Waals surface area contributed by atoms with Crippen LogP contribution in [0.3, 0.4) is 0 Å². The first-order valence-corrected chi connectivity index (χ1v) is 23.1. The van der Waals surface area contributed by atoms with Crippen molar-refractivity contribution in [2.24, 2.45) is 7.05 Å². The van der Waals surface area contributed by atoms with Crippen molar-refractivity contribution in [2.45, 2.75) is 51.5 Å². The number of carbonyl (C=O) groups is 4. The van der Waals surface area contributed by atoms with Crippen LogP contribution in [0.15, 0.2) is 115 Å². The maximum atomic E-state index is 13.6. The monoisotopic (exact) mass is 910 g/mol. The van der Waals surface area contributed by atoms with Crippen LogP contribution in [0.25, 0.3) is 32.2 Å². The van der Waals surface area contributed by atoms with Gasteiger partial charge in [-0.2, -0.15) is 5.10 Å². The van der Waals surface area contributed by atoms with Gasteiger partial charge in [-0.25, -0.2) is 14.8 Å². The van der Waals surface area contributed by atoms with Crippen LogP contribution >= 0.6 is 11.3 Å². The van der Waals surface area contributed by atoms with Gasteiger partial charge in [0, 0.05) is 55.3 Å². The minimum Gasteiger partial charge on any atom is -0.476 e. The van der Waals surface area contributed by atoms with E-state index in [0.29, 0.717) is 77.2 Å². The summed E-state index contributed by atoms with van der Waals surface area (Å²) in [5.41, 5.74) is 8.95. The fourth-order valence-electron chi connectivity index (χ4n) is 9.08. The van der Waals surface area contributed by atoms with Gasteiger partial charge in [0.05, 0.1) is 27.3 Å². The Labute approximate surface area is 389 Å². The fourth-order valence-corrected chi connectivity index (χ4v) is 9.95. The number of anilines is 3. The quantitative estimate of drug-likeness (QED) is 0.0639. The Morgan fingerprint density at radius 3 is 2.57 bits per heavy atom. The van der Waals surface area contributed by atoms with Crippen molar-refractivity contribution in [2.75, 3.05) is 28.6 Å². The average Bonchev–Trinajstić information content (AvgIpc) is 3.90. The topological polar surface area (TPSA) is 181 Å². The number of aromatic carboxylic acids is 1. The number of nitrogens with zero attached hydrogens (tertiary/aromatic N) is 5. The van der Waals surface area contributed by atoms with Gasteiger partial charge in [0.15, 0.2) is 10.8 Å². The number of aromatic nitrogens is 4. The third kappa shape index (κ3) is 8.80. The molecule has 5 aromatic carbocycles. The number of rotatable bonds is 13. The van der Waals surface area contributed by atoms with E-state index >= 15 is 0 Å². The summed E-state index contributed by atoms with van der Waals surface area (Å²) < 4.78 is 9.15. The number of para-hydroxylation sites is 1. The molecule has 0 radical (unpaired) electrons. The number of hydrogen-bond donors (Lipinski definition) is 4. The molecule has 1 saturated heterocycles. The van der Waals surface area contributed by atoms with Crippen LogP contribution in [-0.4, -0.2) is 61.6 Å². The molecule has 10 rings (SSSR count). The van der Waals surface area contributed by atoms with Crippen molar-refractivity contribution in [3.63, 3.8) is 0 Å². The predicted octanol–water partition coefficient (Wildman–Crippen LogP) is 9.42. The molecule has 15 heteroatoms. The normalized spacial score (nSPS) is 14.8. The highest BCUT2D eigenvalue weighted by Gasteiger charge is 2.32. The summed E-state index contributed by atoms with van der Waals surface area (Å²) in [4.78, 5) is 61.9. The first kappa shape index (κ1) is 43.0. The molecule has 1 fully saturated rings. The van der Waals surface area contributed by atoms with Crippen LogP contribution in [-0.2, 0) is 36.0 Å². The molecule has 0 saturated carbocycles. The summed E-state index contributed by atoms with van der Waals surface area (Å²) >= 11 is 1.43. The zero-order chi connectivity index (χ0) is 46.2. The highest BCUT2D eigenvalue weighted by molar-refractivity contribution is 7.22. The highest BCUT2D eigenvalue weighted by atomic mass is 32.1. The van der Waals surface area contributed by atoms with Gasteiger partial charge in [-0.1, -0.05) is 59.9 Å². The van der Waals surface area contributed by atoms with Crippen molar-refractivity contribution in [1.82, 2.24) is 25.1 Å². The number of amides is 3. The summed E-state index contributed by atoms with van der Waals surface area (Å²) in [5, 5.41) is 25.5. The smallest absolute Gasteiger partial charge is 0.355 e. The van der Waals surface area contributed by atoms with Gasteiger partial charge in [-0.3, -0.25) is 29.7 Å². The van der Waals surface area contributed by atoms with Crippen LogP contribution in [0.5, 0.6) is 11.5 Å². The van der Waals surface area contributed by atoms with Crippen LogP contribution < -0.4 is 25.6 Å². The van der Waals surface area contributed by atoms with Crippen molar-refractivity contribution in [1.29, 1.82) is 0 Å². The number of carboxylic acids is 1. The second kappa shape index (κ2) is 18.2. The standard InChI is InChI=1S/C52H46N8O6S/c1-30-35(36-21-23-45(55-48(36)51(64)65)60-27-25-32-9-5-11-37(40(32)29-60)49(62)57-52-54-41-12-3-4-14-44(41)67-52)10-6-13-43(30)66-34-18-15-31(16-19-34)8-7-26-53-33-17-20-38-42(28-33)59(2)58-47(38)39-22-24-46(61)56-50(39)63/h3-6,9-21,23,28,39,53H,7-8,22,24-27,29H2,1-2H3,(H,64,65)(H,54,57,62)(H,56,61,63). The molecule has 1 unspecified atom stereocenters. The molecule has 0 aliphatic carbocycles. The molecule has 336 valence electrons. The number of benzene rings is 5. The van der Waals surface area contributed by atoms with Gasteiger partial charge in [-0.05, 0) is 127 Å². The van der Waals surface area contributed by atoms with Crippen molar-refractivity contribution in [3.05, 3.63) is 154 Å². The number of nitrogens with one attached hydrogen (secondary N) is 3. The largest absolute Gasteiger partial charge is 0.476 e. The number of pyridine rings is 1. The van der Waals surface area contributed by atoms with Gasteiger partial charge in [0.25, 0.3) is 5.91 Å². The number of piperidine rings is 1. The summed E-state index contributed by atoms with van der Waals surface area (Å²) in [6.07, 6.45) is 3.17. The van der Waals surface area contributed by atoms with Crippen molar-refractivity contribution >= 4 is 72.8 Å². The number of aryl methyl sites for hydroxylation is 2. The molecular formula is C52H46N8O6S. The van der Waals surface area contributed by atoms with Crippen LogP contribution in [0.2, 0.25) is 0 Å². The number of thiazole rings is 1. The van der Waals surface area contributed by atoms with Crippen LogP contribution in [0, 0.1) is 6.92 Å². The molecular weight excluding hydrogens is 865 g/mol. The molecule has 14 nitrogen and oxygen atoms in total. The van der Waals surface area contributed by atoms with Gasteiger partial charge in [-0.15, -0.1) is 0 Å². The van der Waals surface area contributed by atoms with Gasteiger partial charge in [0.2, 0.25) is 11.8 Å². The molecule has 8 aromatic rings. The number of carbonyl (C=O) groups excluding carboxylic acids is 3.